The number of carbonyl (C=O) groups excluding carboxylic acids is 2. The van der Waals surface area contributed by atoms with E-state index in [1.807, 2.05) is 55.1 Å². The van der Waals surface area contributed by atoms with Gasteiger partial charge in [0.15, 0.2) is 5.78 Å². The molecule has 30 heavy (non-hydrogen) atoms. The molecule has 2 aromatic rings. The maximum absolute atomic E-state index is 13.4. The molecule has 160 valence electrons. The highest BCUT2D eigenvalue weighted by Gasteiger charge is 2.39. The van der Waals surface area contributed by atoms with Gasteiger partial charge in [0.05, 0.1) is 5.54 Å². The maximum Gasteiger partial charge on any atom is 0.253 e. The fraction of sp³-hybridized carbons (Fsp3) is 0.417. The minimum atomic E-state index is -0.748. The number of nitrogens with one attached hydrogen (secondary N) is 1. The lowest BCUT2D eigenvalue weighted by Crippen LogP contribution is -2.52. The molecule has 1 atom stereocenters. The van der Waals surface area contributed by atoms with E-state index in [-0.39, 0.29) is 17.5 Å². The monoisotopic (exact) mass is 411 g/mol. The number of halogens is 1. The number of piperazine rings is 1. The van der Waals surface area contributed by atoms with Crippen LogP contribution < -0.4 is 5.32 Å². The molecule has 0 radical (unpaired) electrons. The fourth-order valence-electron chi connectivity index (χ4n) is 4.07. The average molecular weight is 412 g/mol. The molecule has 1 amide bonds. The number of hydrogen-bond acceptors (Lipinski definition) is 4. The second-order valence-corrected chi connectivity index (χ2v) is 8.03. The van der Waals surface area contributed by atoms with Crippen LogP contribution in [-0.4, -0.2) is 67.3 Å². The lowest BCUT2D eigenvalue weighted by molar-refractivity contribution is 0.0665. The van der Waals surface area contributed by atoms with Crippen molar-refractivity contribution in [2.45, 2.75) is 25.3 Å². The summed E-state index contributed by atoms with van der Waals surface area (Å²) in [4.78, 5) is 29.9. The Morgan fingerprint density at radius 2 is 1.57 bits per heavy atom. The lowest BCUT2D eigenvalue weighted by atomic mass is 9.80. The van der Waals surface area contributed by atoms with Crippen LogP contribution in [0.4, 0.5) is 4.39 Å². The third kappa shape index (κ3) is 4.60. The molecule has 1 aliphatic rings. The van der Waals surface area contributed by atoms with E-state index in [9.17, 15) is 14.0 Å². The van der Waals surface area contributed by atoms with Crippen molar-refractivity contribution in [3.63, 3.8) is 0 Å². The molecule has 0 spiro atoms. The normalized spacial score (nSPS) is 16.4. The van der Waals surface area contributed by atoms with Gasteiger partial charge < -0.3 is 10.2 Å². The zero-order chi connectivity index (χ0) is 21.7. The number of benzene rings is 2. The van der Waals surface area contributed by atoms with E-state index >= 15 is 0 Å². The van der Waals surface area contributed by atoms with Crippen LogP contribution in [0.2, 0.25) is 0 Å². The zero-order valence-corrected chi connectivity index (χ0v) is 18.0. The molecule has 2 aromatic carbocycles. The van der Waals surface area contributed by atoms with Crippen LogP contribution in [0, 0.1) is 5.82 Å². The summed E-state index contributed by atoms with van der Waals surface area (Å²) in [6.45, 7) is 5.05. The summed E-state index contributed by atoms with van der Waals surface area (Å²) in [6, 6.07) is 13.3. The third-order valence-corrected chi connectivity index (χ3v) is 6.07. The molecular formula is C24H30FN3O2. The van der Waals surface area contributed by atoms with E-state index in [1.165, 1.54) is 12.1 Å². The molecule has 1 unspecified atom stereocenters. The zero-order valence-electron chi connectivity index (χ0n) is 18.0. The number of amides is 1. The van der Waals surface area contributed by atoms with Crippen LogP contribution >= 0.6 is 0 Å². The highest BCUT2D eigenvalue weighted by molar-refractivity contribution is 6.03. The number of ketones is 1. The average Bonchev–Trinajstić information content (AvgIpc) is 2.78. The van der Waals surface area contributed by atoms with E-state index in [0.717, 1.165) is 18.7 Å². The molecule has 0 saturated carbocycles. The number of hydrogen-bond donors (Lipinski definition) is 1. The Bertz CT molecular complexity index is 874. The van der Waals surface area contributed by atoms with Crippen molar-refractivity contribution in [3.05, 3.63) is 71.0 Å². The van der Waals surface area contributed by atoms with Crippen LogP contribution in [-0.2, 0) is 6.42 Å². The van der Waals surface area contributed by atoms with Crippen LogP contribution in [0.15, 0.2) is 48.5 Å². The minimum absolute atomic E-state index is 0.0315. The molecule has 1 N–H and O–H groups in total. The number of rotatable bonds is 7. The van der Waals surface area contributed by atoms with E-state index in [1.54, 1.807) is 12.1 Å². The van der Waals surface area contributed by atoms with Crippen molar-refractivity contribution >= 4 is 11.7 Å². The van der Waals surface area contributed by atoms with Crippen molar-refractivity contribution in [2.24, 2.45) is 0 Å². The van der Waals surface area contributed by atoms with Crippen molar-refractivity contribution in [1.29, 1.82) is 0 Å². The van der Waals surface area contributed by atoms with Gasteiger partial charge in [-0.3, -0.25) is 14.5 Å². The smallest absolute Gasteiger partial charge is 0.253 e. The van der Waals surface area contributed by atoms with Crippen molar-refractivity contribution in [1.82, 2.24) is 15.1 Å². The van der Waals surface area contributed by atoms with Gasteiger partial charge in [-0.05, 0) is 68.9 Å². The Kier molecular flexibility index (Phi) is 7.00. The van der Waals surface area contributed by atoms with E-state index in [2.05, 4.69) is 5.32 Å². The van der Waals surface area contributed by atoms with Gasteiger partial charge in [0.1, 0.15) is 5.82 Å². The summed E-state index contributed by atoms with van der Waals surface area (Å²) in [7, 11) is 3.79. The second-order valence-electron chi connectivity index (χ2n) is 8.03. The minimum Gasteiger partial charge on any atom is -0.336 e. The van der Waals surface area contributed by atoms with Gasteiger partial charge in [0, 0.05) is 37.3 Å². The van der Waals surface area contributed by atoms with Crippen LogP contribution in [0.25, 0.3) is 0 Å². The SMILES string of the molecule is CCC(Cc1ccc(C(=O)N2CCNCC2)cc1)(C(=O)c1ccc(F)cc1)N(C)C. The summed E-state index contributed by atoms with van der Waals surface area (Å²) >= 11 is 0. The maximum atomic E-state index is 13.4. The molecule has 0 bridgehead atoms. The Hall–Kier alpha value is -2.57. The van der Waals surface area contributed by atoms with Gasteiger partial charge in [-0.25, -0.2) is 4.39 Å². The second kappa shape index (κ2) is 9.49. The Morgan fingerprint density at radius 1 is 1.00 bits per heavy atom. The van der Waals surface area contributed by atoms with Crippen molar-refractivity contribution in [2.75, 3.05) is 40.3 Å². The van der Waals surface area contributed by atoms with E-state index in [0.29, 0.717) is 37.1 Å². The van der Waals surface area contributed by atoms with Gasteiger partial charge in [-0.1, -0.05) is 19.1 Å². The molecule has 1 saturated heterocycles. The first-order valence-corrected chi connectivity index (χ1v) is 10.4. The largest absolute Gasteiger partial charge is 0.336 e. The third-order valence-electron chi connectivity index (χ3n) is 6.07. The summed E-state index contributed by atoms with van der Waals surface area (Å²) in [5, 5.41) is 3.25. The van der Waals surface area contributed by atoms with E-state index < -0.39 is 5.54 Å². The first-order chi connectivity index (χ1) is 14.4. The number of nitrogens with zero attached hydrogens (tertiary/aromatic N) is 2. The summed E-state index contributed by atoms with van der Waals surface area (Å²) in [6.07, 6.45) is 1.12. The highest BCUT2D eigenvalue weighted by Crippen LogP contribution is 2.28. The van der Waals surface area contributed by atoms with Gasteiger partial charge in [0.25, 0.3) is 5.91 Å². The van der Waals surface area contributed by atoms with Gasteiger partial charge in [-0.15, -0.1) is 0 Å². The predicted molar refractivity (Wildman–Crippen MR) is 116 cm³/mol. The number of likely N-dealkylation sites (N-methyl/N-ethyl adjacent to an activating group) is 1. The van der Waals surface area contributed by atoms with Crippen LogP contribution in [0.5, 0.6) is 0 Å². The molecule has 6 heteroatoms. The Labute approximate surface area is 177 Å². The predicted octanol–water partition coefficient (Wildman–Crippen LogP) is 3.01. The van der Waals surface area contributed by atoms with Crippen molar-refractivity contribution < 1.29 is 14.0 Å². The number of carbonyl (C=O) groups is 2. The number of Topliss-reactive ketones (excluding diaryl/α,β-unsaturated/α-hetero) is 1. The summed E-state index contributed by atoms with van der Waals surface area (Å²) < 4.78 is 13.3. The molecule has 3 rings (SSSR count). The molecule has 5 nitrogen and oxygen atoms in total. The lowest BCUT2D eigenvalue weighted by Gasteiger charge is -2.38. The summed E-state index contributed by atoms with van der Waals surface area (Å²) in [5.41, 5.74) is 1.40. The van der Waals surface area contributed by atoms with Gasteiger partial charge >= 0.3 is 0 Å². The van der Waals surface area contributed by atoms with E-state index in [4.69, 9.17) is 0 Å². The first-order valence-electron chi connectivity index (χ1n) is 10.4. The quantitative estimate of drug-likeness (QED) is 0.712. The van der Waals surface area contributed by atoms with Crippen LogP contribution in [0.3, 0.4) is 0 Å². The fourth-order valence-corrected chi connectivity index (χ4v) is 4.07. The Balaban J connectivity index is 1.82. The Morgan fingerprint density at radius 3 is 2.10 bits per heavy atom. The standard InChI is InChI=1S/C24H30FN3O2/c1-4-24(27(2)3,22(29)19-9-11-21(25)12-10-19)17-18-5-7-20(8-6-18)23(30)28-15-13-26-14-16-28/h5-12,26H,4,13-17H2,1-3H3. The van der Waals surface area contributed by atoms with Gasteiger partial charge in [-0.2, -0.15) is 0 Å². The molecule has 1 heterocycles. The van der Waals surface area contributed by atoms with Crippen LogP contribution in [0.1, 0.15) is 39.6 Å². The van der Waals surface area contributed by atoms with Gasteiger partial charge in [0.2, 0.25) is 0 Å². The molecule has 0 aliphatic carbocycles. The summed E-state index contributed by atoms with van der Waals surface area (Å²) in [5.74, 6) is -0.348. The molecule has 0 aromatic heterocycles. The molecular weight excluding hydrogens is 381 g/mol. The molecule has 1 aliphatic heterocycles. The van der Waals surface area contributed by atoms with Crippen molar-refractivity contribution in [3.8, 4) is 0 Å². The first kappa shape index (κ1) is 22.1. The highest BCUT2D eigenvalue weighted by atomic mass is 19.1. The molecule has 1 fully saturated rings. The topological polar surface area (TPSA) is 52.7 Å².